The molecule has 4 nitrogen and oxygen atoms in total. The highest BCUT2D eigenvalue weighted by molar-refractivity contribution is 8.13. The average molecular weight is 319 g/mol. The third kappa shape index (κ3) is 6.22. The van der Waals surface area contributed by atoms with Crippen molar-refractivity contribution in [2.24, 2.45) is 11.5 Å². The molecule has 0 atom stereocenters. The molecular formula is C12H19ClN4S2. The molecule has 0 fully saturated rings. The molecular weight excluding hydrogens is 300 g/mol. The summed E-state index contributed by atoms with van der Waals surface area (Å²) in [6, 6.07) is 4.25. The van der Waals surface area contributed by atoms with E-state index < -0.39 is 0 Å². The molecule has 0 aliphatic carbocycles. The third-order valence-corrected chi connectivity index (χ3v) is 4.09. The zero-order valence-corrected chi connectivity index (χ0v) is 13.4. The van der Waals surface area contributed by atoms with Gasteiger partial charge in [-0.3, -0.25) is 10.8 Å². The van der Waals surface area contributed by atoms with Gasteiger partial charge in [-0.25, -0.2) is 0 Å². The largest absolute Gasteiger partial charge is 0.379 e. The second kappa shape index (κ2) is 8.35. The summed E-state index contributed by atoms with van der Waals surface area (Å²) in [4.78, 5) is 0. The van der Waals surface area contributed by atoms with Gasteiger partial charge < -0.3 is 11.5 Å². The molecule has 0 spiro atoms. The topological polar surface area (TPSA) is 99.7 Å². The van der Waals surface area contributed by atoms with Gasteiger partial charge in [-0.05, 0) is 36.1 Å². The van der Waals surface area contributed by atoms with E-state index in [1.54, 1.807) is 0 Å². The monoisotopic (exact) mass is 318 g/mol. The number of thioether (sulfide) groups is 2. The molecule has 19 heavy (non-hydrogen) atoms. The van der Waals surface area contributed by atoms with Gasteiger partial charge in [0.15, 0.2) is 10.3 Å². The van der Waals surface area contributed by atoms with Gasteiger partial charge in [-0.1, -0.05) is 35.7 Å². The fraction of sp³-hybridized carbons (Fsp3) is 0.333. The number of hydrogen-bond donors (Lipinski definition) is 4. The first-order valence-corrected chi connectivity index (χ1v) is 7.40. The molecule has 0 aliphatic heterocycles. The van der Waals surface area contributed by atoms with Crippen LogP contribution in [0.3, 0.4) is 0 Å². The molecule has 0 saturated carbocycles. The summed E-state index contributed by atoms with van der Waals surface area (Å²) in [5, 5.41) is 14.7. The minimum atomic E-state index is 0. The molecule has 1 aromatic rings. The van der Waals surface area contributed by atoms with Crippen molar-refractivity contribution in [3.8, 4) is 0 Å². The number of amidine groups is 2. The van der Waals surface area contributed by atoms with Gasteiger partial charge in [0.25, 0.3) is 0 Å². The number of rotatable bonds is 4. The van der Waals surface area contributed by atoms with Crippen LogP contribution in [0.15, 0.2) is 12.1 Å². The number of aryl methyl sites for hydroxylation is 2. The standard InChI is InChI=1S/C12H18N4S2.ClH/c1-7-3-10(6-18-12(15)16)8(2)4-9(7)5-17-11(13)14;/h3-4H,5-6H2,1-2H3,(H3,13,14)(H3,15,16);1H. The van der Waals surface area contributed by atoms with Crippen LogP contribution in [0.25, 0.3) is 0 Å². The van der Waals surface area contributed by atoms with E-state index in [0.717, 1.165) is 11.5 Å². The molecule has 0 unspecified atom stereocenters. The summed E-state index contributed by atoms with van der Waals surface area (Å²) in [6.07, 6.45) is 0. The Hall–Kier alpha value is -0.850. The van der Waals surface area contributed by atoms with Crippen molar-refractivity contribution < 1.29 is 0 Å². The third-order valence-electron chi connectivity index (χ3n) is 2.56. The van der Waals surface area contributed by atoms with E-state index in [1.165, 1.54) is 45.8 Å². The van der Waals surface area contributed by atoms with Gasteiger partial charge in [0.1, 0.15) is 0 Å². The van der Waals surface area contributed by atoms with Gasteiger partial charge in [-0.15, -0.1) is 12.4 Å². The lowest BCUT2D eigenvalue weighted by Gasteiger charge is -2.11. The van der Waals surface area contributed by atoms with Gasteiger partial charge in [0, 0.05) is 11.5 Å². The van der Waals surface area contributed by atoms with Crippen LogP contribution in [0.2, 0.25) is 0 Å². The van der Waals surface area contributed by atoms with E-state index in [2.05, 4.69) is 26.0 Å². The summed E-state index contributed by atoms with van der Waals surface area (Å²) in [7, 11) is 0. The molecule has 0 saturated heterocycles. The quantitative estimate of drug-likeness (QED) is 0.506. The summed E-state index contributed by atoms with van der Waals surface area (Å²) >= 11 is 2.67. The van der Waals surface area contributed by atoms with E-state index in [9.17, 15) is 0 Å². The van der Waals surface area contributed by atoms with Crippen molar-refractivity contribution in [1.82, 2.24) is 0 Å². The highest BCUT2D eigenvalue weighted by atomic mass is 35.5. The van der Waals surface area contributed by atoms with Crippen molar-refractivity contribution in [1.29, 1.82) is 10.8 Å². The van der Waals surface area contributed by atoms with Crippen LogP contribution in [0.1, 0.15) is 22.3 Å². The van der Waals surface area contributed by atoms with Gasteiger partial charge in [0.2, 0.25) is 0 Å². The van der Waals surface area contributed by atoms with Crippen LogP contribution in [0.5, 0.6) is 0 Å². The van der Waals surface area contributed by atoms with Crippen molar-refractivity contribution >= 4 is 46.3 Å². The normalized spacial score (nSPS) is 9.79. The maximum atomic E-state index is 7.22. The Labute approximate surface area is 128 Å². The molecule has 7 heteroatoms. The van der Waals surface area contributed by atoms with Gasteiger partial charge in [0.05, 0.1) is 0 Å². The molecule has 6 N–H and O–H groups in total. The molecule has 1 aromatic carbocycles. The van der Waals surface area contributed by atoms with Crippen LogP contribution in [0.4, 0.5) is 0 Å². The first-order chi connectivity index (χ1) is 8.40. The number of halogens is 1. The average Bonchev–Trinajstić information content (AvgIpc) is 2.27. The number of hydrogen-bond acceptors (Lipinski definition) is 4. The van der Waals surface area contributed by atoms with E-state index in [0.29, 0.717) is 0 Å². The number of nitrogens with one attached hydrogen (secondary N) is 2. The maximum Gasteiger partial charge on any atom is 0.151 e. The maximum absolute atomic E-state index is 7.22. The molecule has 106 valence electrons. The Bertz CT molecular complexity index is 433. The first-order valence-electron chi connectivity index (χ1n) is 5.42. The zero-order chi connectivity index (χ0) is 13.7. The molecule has 0 amide bonds. The van der Waals surface area contributed by atoms with Crippen LogP contribution in [-0.2, 0) is 11.5 Å². The minimum absolute atomic E-state index is 0. The second-order valence-corrected chi connectivity index (χ2v) is 6.05. The van der Waals surface area contributed by atoms with Crippen molar-refractivity contribution in [2.75, 3.05) is 0 Å². The summed E-state index contributed by atoms with van der Waals surface area (Å²) < 4.78 is 0. The molecule has 0 bridgehead atoms. The predicted octanol–water partition coefficient (Wildman–Crippen LogP) is 2.98. The van der Waals surface area contributed by atoms with Crippen molar-refractivity contribution in [3.05, 3.63) is 34.4 Å². The Morgan fingerprint density at radius 3 is 1.53 bits per heavy atom. The molecule has 0 aliphatic rings. The van der Waals surface area contributed by atoms with E-state index in [1.807, 2.05) is 0 Å². The first kappa shape index (κ1) is 18.1. The Morgan fingerprint density at radius 2 is 1.26 bits per heavy atom. The summed E-state index contributed by atoms with van der Waals surface area (Å²) in [6.45, 7) is 4.11. The second-order valence-electron chi connectivity index (χ2n) is 4.01. The summed E-state index contributed by atoms with van der Waals surface area (Å²) in [5.41, 5.74) is 15.5. The summed E-state index contributed by atoms with van der Waals surface area (Å²) in [5.74, 6) is 1.45. The van der Waals surface area contributed by atoms with Gasteiger partial charge in [-0.2, -0.15) is 0 Å². The van der Waals surface area contributed by atoms with Crippen LogP contribution in [-0.4, -0.2) is 10.3 Å². The van der Waals surface area contributed by atoms with E-state index >= 15 is 0 Å². The smallest absolute Gasteiger partial charge is 0.151 e. The van der Waals surface area contributed by atoms with Crippen molar-refractivity contribution in [3.63, 3.8) is 0 Å². The predicted molar refractivity (Wildman–Crippen MR) is 89.6 cm³/mol. The minimum Gasteiger partial charge on any atom is -0.379 e. The lowest BCUT2D eigenvalue weighted by molar-refractivity contribution is 1.22. The molecule has 1 rings (SSSR count). The molecule has 0 heterocycles. The Morgan fingerprint density at radius 1 is 0.947 bits per heavy atom. The highest BCUT2D eigenvalue weighted by Crippen LogP contribution is 2.23. The zero-order valence-electron chi connectivity index (χ0n) is 10.9. The highest BCUT2D eigenvalue weighted by Gasteiger charge is 2.06. The van der Waals surface area contributed by atoms with E-state index in [-0.39, 0.29) is 22.7 Å². The van der Waals surface area contributed by atoms with Crippen molar-refractivity contribution in [2.45, 2.75) is 25.4 Å². The van der Waals surface area contributed by atoms with E-state index in [4.69, 9.17) is 22.3 Å². The van der Waals surface area contributed by atoms with Crippen LogP contribution in [0, 0.1) is 24.7 Å². The Kier molecular flexibility index (Phi) is 7.97. The molecule has 0 radical (unpaired) electrons. The van der Waals surface area contributed by atoms with Crippen LogP contribution < -0.4 is 11.5 Å². The lowest BCUT2D eigenvalue weighted by atomic mass is 10.0. The number of nitrogens with two attached hydrogens (primary N) is 2. The fourth-order valence-corrected chi connectivity index (χ4v) is 2.80. The molecule has 0 aromatic heterocycles. The fourth-order valence-electron chi connectivity index (χ4n) is 1.56. The SMILES string of the molecule is Cc1cc(CSC(=N)N)c(C)cc1CSC(=N)N.Cl. The number of benzene rings is 1. The van der Waals surface area contributed by atoms with Gasteiger partial charge >= 0.3 is 0 Å². The lowest BCUT2D eigenvalue weighted by Crippen LogP contribution is -2.06. The Balaban J connectivity index is 0.00000324. The van der Waals surface area contributed by atoms with Crippen LogP contribution >= 0.6 is 35.9 Å².